The molecule has 1 aliphatic heterocycles. The van der Waals surface area contributed by atoms with Crippen molar-refractivity contribution in [3.63, 3.8) is 0 Å². The van der Waals surface area contributed by atoms with E-state index < -0.39 is 4.92 Å². The molecule has 0 bridgehead atoms. The summed E-state index contributed by atoms with van der Waals surface area (Å²) < 4.78 is 0.385. The van der Waals surface area contributed by atoms with Crippen LogP contribution >= 0.6 is 15.9 Å². The number of likely N-dealkylation sites (tertiary alicyclic amines) is 1. The number of nitro groups is 1. The standard InChI is InChI=1S/C13H15BrN2O3/c1-13(2)5-6-15(8-13)12(17)9-3-4-10(14)11(7-9)16(18)19/h3-4,7H,5-6,8H2,1-2H3. The fourth-order valence-corrected chi connectivity index (χ4v) is 2.65. The highest BCUT2D eigenvalue weighted by atomic mass is 79.9. The van der Waals surface area contributed by atoms with Gasteiger partial charge in [0, 0.05) is 24.7 Å². The van der Waals surface area contributed by atoms with E-state index in [1.54, 1.807) is 17.0 Å². The Hall–Kier alpha value is -1.43. The quantitative estimate of drug-likeness (QED) is 0.619. The molecule has 0 atom stereocenters. The fourth-order valence-electron chi connectivity index (χ4n) is 2.25. The first kappa shape index (κ1) is 14.0. The number of benzene rings is 1. The molecule has 1 aromatic carbocycles. The second-order valence-electron chi connectivity index (χ2n) is 5.56. The van der Waals surface area contributed by atoms with E-state index >= 15 is 0 Å². The molecule has 1 saturated heterocycles. The van der Waals surface area contributed by atoms with E-state index in [-0.39, 0.29) is 17.0 Å². The third-order valence-electron chi connectivity index (χ3n) is 3.35. The van der Waals surface area contributed by atoms with Crippen molar-refractivity contribution in [2.24, 2.45) is 5.41 Å². The van der Waals surface area contributed by atoms with Crippen molar-refractivity contribution in [2.75, 3.05) is 13.1 Å². The summed E-state index contributed by atoms with van der Waals surface area (Å²) in [6.07, 6.45) is 0.956. The first-order chi connectivity index (χ1) is 8.80. The van der Waals surface area contributed by atoms with Crippen LogP contribution in [0.5, 0.6) is 0 Å². The van der Waals surface area contributed by atoms with Gasteiger partial charge in [0.1, 0.15) is 0 Å². The van der Waals surface area contributed by atoms with Crippen LogP contribution in [-0.4, -0.2) is 28.8 Å². The monoisotopic (exact) mass is 326 g/mol. The van der Waals surface area contributed by atoms with Crippen LogP contribution in [0, 0.1) is 15.5 Å². The molecular weight excluding hydrogens is 312 g/mol. The van der Waals surface area contributed by atoms with Crippen LogP contribution in [0.25, 0.3) is 0 Å². The van der Waals surface area contributed by atoms with Gasteiger partial charge in [0.05, 0.1) is 9.40 Å². The molecule has 0 unspecified atom stereocenters. The lowest BCUT2D eigenvalue weighted by molar-refractivity contribution is -0.385. The number of nitrogens with zero attached hydrogens (tertiary/aromatic N) is 2. The minimum Gasteiger partial charge on any atom is -0.338 e. The van der Waals surface area contributed by atoms with E-state index in [1.807, 2.05) is 0 Å². The van der Waals surface area contributed by atoms with Crippen LogP contribution < -0.4 is 0 Å². The Labute approximate surface area is 119 Å². The number of amides is 1. The lowest BCUT2D eigenvalue weighted by Crippen LogP contribution is -2.30. The normalized spacial score (nSPS) is 17.5. The largest absolute Gasteiger partial charge is 0.338 e. The van der Waals surface area contributed by atoms with Gasteiger partial charge in [-0.1, -0.05) is 13.8 Å². The van der Waals surface area contributed by atoms with Crippen molar-refractivity contribution >= 4 is 27.5 Å². The van der Waals surface area contributed by atoms with Crippen LogP contribution in [0.3, 0.4) is 0 Å². The van der Waals surface area contributed by atoms with Crippen LogP contribution in [0.1, 0.15) is 30.6 Å². The maximum Gasteiger partial charge on any atom is 0.284 e. The molecule has 6 heteroatoms. The first-order valence-electron chi connectivity index (χ1n) is 6.03. The Morgan fingerprint density at radius 3 is 2.68 bits per heavy atom. The number of hydrogen-bond donors (Lipinski definition) is 0. The number of carbonyl (C=O) groups is 1. The number of rotatable bonds is 2. The van der Waals surface area contributed by atoms with Crippen LogP contribution in [0.4, 0.5) is 5.69 Å². The summed E-state index contributed by atoms with van der Waals surface area (Å²) in [5, 5.41) is 10.9. The highest BCUT2D eigenvalue weighted by Crippen LogP contribution is 2.31. The molecular formula is C13H15BrN2O3. The molecule has 0 radical (unpaired) electrons. The summed E-state index contributed by atoms with van der Waals surface area (Å²) in [6.45, 7) is 5.63. The lowest BCUT2D eigenvalue weighted by Gasteiger charge is -2.19. The van der Waals surface area contributed by atoms with Crippen molar-refractivity contribution < 1.29 is 9.72 Å². The SMILES string of the molecule is CC1(C)CCN(C(=O)c2ccc(Br)c([N+](=O)[O-])c2)C1. The Morgan fingerprint density at radius 1 is 1.47 bits per heavy atom. The Balaban J connectivity index is 2.25. The summed E-state index contributed by atoms with van der Waals surface area (Å²) in [5.41, 5.74) is 0.411. The zero-order valence-corrected chi connectivity index (χ0v) is 12.4. The molecule has 0 saturated carbocycles. The molecule has 1 amide bonds. The van der Waals surface area contributed by atoms with Gasteiger partial charge in [-0.3, -0.25) is 14.9 Å². The predicted molar refractivity (Wildman–Crippen MR) is 75.1 cm³/mol. The summed E-state index contributed by atoms with van der Waals surface area (Å²) in [4.78, 5) is 24.4. The molecule has 0 spiro atoms. The van der Waals surface area contributed by atoms with Crippen molar-refractivity contribution in [3.8, 4) is 0 Å². The molecule has 0 N–H and O–H groups in total. The summed E-state index contributed by atoms with van der Waals surface area (Å²) in [5.74, 6) is -0.138. The first-order valence-corrected chi connectivity index (χ1v) is 6.83. The Morgan fingerprint density at radius 2 is 2.16 bits per heavy atom. The van der Waals surface area contributed by atoms with Crippen LogP contribution in [0.15, 0.2) is 22.7 Å². The number of nitro benzene ring substituents is 1. The minimum atomic E-state index is -0.491. The third-order valence-corrected chi connectivity index (χ3v) is 4.02. The van der Waals surface area contributed by atoms with Gasteiger partial charge in [-0.05, 0) is 39.9 Å². The van der Waals surface area contributed by atoms with Gasteiger partial charge >= 0.3 is 0 Å². The molecule has 0 aliphatic carbocycles. The molecule has 19 heavy (non-hydrogen) atoms. The molecule has 1 aromatic rings. The van der Waals surface area contributed by atoms with Crippen molar-refractivity contribution in [2.45, 2.75) is 20.3 Å². The molecule has 1 aliphatic rings. The smallest absolute Gasteiger partial charge is 0.284 e. The minimum absolute atomic E-state index is 0.0793. The second kappa shape index (κ2) is 4.92. The van der Waals surface area contributed by atoms with E-state index in [9.17, 15) is 14.9 Å². The molecule has 1 heterocycles. The van der Waals surface area contributed by atoms with E-state index in [1.165, 1.54) is 6.07 Å². The molecule has 5 nitrogen and oxygen atoms in total. The van der Waals surface area contributed by atoms with Gasteiger partial charge in [-0.25, -0.2) is 0 Å². The maximum absolute atomic E-state index is 12.3. The molecule has 1 fully saturated rings. The highest BCUT2D eigenvalue weighted by molar-refractivity contribution is 9.10. The van der Waals surface area contributed by atoms with Gasteiger partial charge in [0.15, 0.2) is 0 Å². The van der Waals surface area contributed by atoms with Crippen molar-refractivity contribution in [1.82, 2.24) is 4.90 Å². The maximum atomic E-state index is 12.3. The molecule has 2 rings (SSSR count). The number of halogens is 1. The third kappa shape index (κ3) is 2.94. The van der Waals surface area contributed by atoms with Crippen LogP contribution in [-0.2, 0) is 0 Å². The Kier molecular flexibility index (Phi) is 3.62. The Bertz CT molecular complexity index is 543. The molecule has 0 aromatic heterocycles. The number of hydrogen-bond acceptors (Lipinski definition) is 3. The van der Waals surface area contributed by atoms with E-state index in [0.717, 1.165) is 6.42 Å². The molecule has 102 valence electrons. The van der Waals surface area contributed by atoms with E-state index in [4.69, 9.17) is 0 Å². The van der Waals surface area contributed by atoms with E-state index in [0.29, 0.717) is 23.1 Å². The average Bonchev–Trinajstić information content (AvgIpc) is 2.69. The summed E-state index contributed by atoms with van der Waals surface area (Å²) in [7, 11) is 0. The van der Waals surface area contributed by atoms with Crippen molar-refractivity contribution in [1.29, 1.82) is 0 Å². The second-order valence-corrected chi connectivity index (χ2v) is 6.42. The number of carbonyl (C=O) groups excluding carboxylic acids is 1. The zero-order valence-electron chi connectivity index (χ0n) is 10.9. The predicted octanol–water partition coefficient (Wildman–Crippen LogP) is 3.23. The van der Waals surface area contributed by atoms with E-state index in [2.05, 4.69) is 29.8 Å². The zero-order chi connectivity index (χ0) is 14.2. The van der Waals surface area contributed by atoms with Gasteiger partial charge in [0.25, 0.3) is 11.6 Å². The fraction of sp³-hybridized carbons (Fsp3) is 0.462. The van der Waals surface area contributed by atoms with Crippen molar-refractivity contribution in [3.05, 3.63) is 38.3 Å². The van der Waals surface area contributed by atoms with Gasteiger partial charge in [-0.15, -0.1) is 0 Å². The average molecular weight is 327 g/mol. The summed E-state index contributed by atoms with van der Waals surface area (Å²) >= 11 is 3.12. The lowest BCUT2D eigenvalue weighted by atomic mass is 9.93. The van der Waals surface area contributed by atoms with Gasteiger partial charge in [-0.2, -0.15) is 0 Å². The summed E-state index contributed by atoms with van der Waals surface area (Å²) in [6, 6.07) is 4.50. The van der Waals surface area contributed by atoms with Crippen LogP contribution in [0.2, 0.25) is 0 Å². The van der Waals surface area contributed by atoms with Gasteiger partial charge < -0.3 is 4.90 Å². The highest BCUT2D eigenvalue weighted by Gasteiger charge is 2.32. The topological polar surface area (TPSA) is 63.5 Å². The van der Waals surface area contributed by atoms with Gasteiger partial charge in [0.2, 0.25) is 0 Å².